The Labute approximate surface area is 113 Å². The molecule has 0 bridgehead atoms. The molecule has 0 aliphatic carbocycles. The molecular formula is C13H19FN2OS. The molecule has 3 N–H and O–H groups in total. The normalized spacial score (nSPS) is 11.3. The molecule has 18 heavy (non-hydrogen) atoms. The molecule has 0 radical (unpaired) electrons. The fourth-order valence-corrected chi connectivity index (χ4v) is 1.79. The van der Waals surface area contributed by atoms with Gasteiger partial charge in [-0.05, 0) is 39.0 Å². The maximum atomic E-state index is 13.1. The van der Waals surface area contributed by atoms with Crippen LogP contribution in [0.4, 0.5) is 10.1 Å². The van der Waals surface area contributed by atoms with Gasteiger partial charge in [-0.1, -0.05) is 12.2 Å². The first kappa shape index (κ1) is 14.9. The van der Waals surface area contributed by atoms with Crippen molar-refractivity contribution < 1.29 is 9.13 Å². The lowest BCUT2D eigenvalue weighted by Gasteiger charge is -2.26. The maximum Gasteiger partial charge on any atom is 0.124 e. The lowest BCUT2D eigenvalue weighted by molar-refractivity contribution is 0.000697. The van der Waals surface area contributed by atoms with Crippen LogP contribution in [0.25, 0.3) is 0 Å². The summed E-state index contributed by atoms with van der Waals surface area (Å²) in [6, 6.07) is 4.34. The largest absolute Gasteiger partial charge is 0.389 e. The third kappa shape index (κ3) is 4.23. The van der Waals surface area contributed by atoms with Gasteiger partial charge in [0.15, 0.2) is 0 Å². The number of nitrogens with two attached hydrogens (primary N) is 1. The van der Waals surface area contributed by atoms with Crippen molar-refractivity contribution in [1.82, 2.24) is 0 Å². The van der Waals surface area contributed by atoms with Crippen molar-refractivity contribution in [3.63, 3.8) is 0 Å². The van der Waals surface area contributed by atoms with Gasteiger partial charge in [-0.2, -0.15) is 0 Å². The highest BCUT2D eigenvalue weighted by Crippen LogP contribution is 2.19. The molecule has 0 aliphatic rings. The summed E-state index contributed by atoms with van der Waals surface area (Å²) in [6.45, 7) is 7.13. The molecule has 0 atom stereocenters. The minimum absolute atomic E-state index is 0.172. The summed E-state index contributed by atoms with van der Waals surface area (Å²) in [5.74, 6) is -0.354. The topological polar surface area (TPSA) is 47.3 Å². The zero-order chi connectivity index (χ0) is 13.8. The number of thiocarbonyl (C=S) groups is 1. The number of ether oxygens (including phenoxy) is 1. The highest BCUT2D eigenvalue weighted by molar-refractivity contribution is 7.80. The van der Waals surface area contributed by atoms with Gasteiger partial charge >= 0.3 is 0 Å². The van der Waals surface area contributed by atoms with Gasteiger partial charge < -0.3 is 15.8 Å². The summed E-state index contributed by atoms with van der Waals surface area (Å²) in [5, 5.41) is 3.19. The molecule has 5 heteroatoms. The Hall–Kier alpha value is -1.20. The van der Waals surface area contributed by atoms with Crippen LogP contribution in [0.3, 0.4) is 0 Å². The van der Waals surface area contributed by atoms with Crippen LogP contribution in [0, 0.1) is 5.82 Å². The molecule has 3 nitrogen and oxygen atoms in total. The van der Waals surface area contributed by atoms with Crippen LogP contribution in [-0.4, -0.2) is 23.7 Å². The van der Waals surface area contributed by atoms with Crippen LogP contribution < -0.4 is 11.1 Å². The van der Waals surface area contributed by atoms with Gasteiger partial charge in [0, 0.05) is 24.4 Å². The van der Waals surface area contributed by atoms with E-state index < -0.39 is 0 Å². The van der Waals surface area contributed by atoms with Crippen molar-refractivity contribution in [1.29, 1.82) is 0 Å². The zero-order valence-electron chi connectivity index (χ0n) is 10.9. The zero-order valence-corrected chi connectivity index (χ0v) is 11.7. The fraction of sp³-hybridized carbons (Fsp3) is 0.462. The van der Waals surface area contributed by atoms with Crippen molar-refractivity contribution in [3.05, 3.63) is 29.6 Å². The van der Waals surface area contributed by atoms with Crippen LogP contribution in [0.5, 0.6) is 0 Å². The molecule has 0 amide bonds. The van der Waals surface area contributed by atoms with E-state index in [-0.39, 0.29) is 16.4 Å². The Morgan fingerprint density at radius 3 is 2.72 bits per heavy atom. The average Bonchev–Trinajstić information content (AvgIpc) is 2.27. The first-order valence-corrected chi connectivity index (χ1v) is 6.24. The molecule has 0 saturated carbocycles. The van der Waals surface area contributed by atoms with Gasteiger partial charge in [0.05, 0.1) is 5.60 Å². The Bertz CT molecular complexity index is 435. The van der Waals surface area contributed by atoms with Crippen LogP contribution in [-0.2, 0) is 4.74 Å². The molecule has 0 fully saturated rings. The summed E-state index contributed by atoms with van der Waals surface area (Å²) in [4.78, 5) is 0.172. The van der Waals surface area contributed by atoms with Crippen molar-refractivity contribution >= 4 is 22.9 Å². The van der Waals surface area contributed by atoms with Gasteiger partial charge in [-0.25, -0.2) is 4.39 Å². The molecule has 0 heterocycles. The Kier molecular flexibility index (Phi) is 5.04. The van der Waals surface area contributed by atoms with E-state index in [1.807, 2.05) is 20.8 Å². The quantitative estimate of drug-likeness (QED) is 0.780. The Balaban J connectivity index is 2.82. The lowest BCUT2D eigenvalue weighted by atomic mass is 10.1. The predicted molar refractivity (Wildman–Crippen MR) is 76.5 cm³/mol. The minimum Gasteiger partial charge on any atom is -0.389 e. The van der Waals surface area contributed by atoms with E-state index in [9.17, 15) is 4.39 Å². The van der Waals surface area contributed by atoms with Gasteiger partial charge in [-0.15, -0.1) is 0 Å². The van der Waals surface area contributed by atoms with Crippen molar-refractivity contribution in [2.75, 3.05) is 18.5 Å². The van der Waals surface area contributed by atoms with Crippen molar-refractivity contribution in [2.24, 2.45) is 5.73 Å². The van der Waals surface area contributed by atoms with E-state index in [1.54, 1.807) is 6.07 Å². The number of halogens is 1. The molecular weight excluding hydrogens is 251 g/mol. The summed E-state index contributed by atoms with van der Waals surface area (Å²) < 4.78 is 18.7. The highest BCUT2D eigenvalue weighted by atomic mass is 32.1. The van der Waals surface area contributed by atoms with E-state index in [4.69, 9.17) is 22.7 Å². The first-order chi connectivity index (χ1) is 8.35. The molecule has 1 rings (SSSR count). The average molecular weight is 270 g/mol. The van der Waals surface area contributed by atoms with Gasteiger partial charge in [0.1, 0.15) is 10.8 Å². The molecule has 0 aliphatic heterocycles. The first-order valence-electron chi connectivity index (χ1n) is 5.83. The Morgan fingerprint density at radius 1 is 1.50 bits per heavy atom. The van der Waals surface area contributed by atoms with Crippen LogP contribution in [0.1, 0.15) is 26.3 Å². The fourth-order valence-electron chi connectivity index (χ4n) is 1.62. The molecule has 0 aromatic heterocycles. The predicted octanol–water partition coefficient (Wildman–Crippen LogP) is 2.69. The maximum absolute atomic E-state index is 13.1. The van der Waals surface area contributed by atoms with E-state index in [1.165, 1.54) is 12.1 Å². The van der Waals surface area contributed by atoms with E-state index in [2.05, 4.69) is 5.32 Å². The third-order valence-electron chi connectivity index (χ3n) is 2.49. The second-order valence-corrected chi connectivity index (χ2v) is 5.04. The van der Waals surface area contributed by atoms with E-state index >= 15 is 0 Å². The highest BCUT2D eigenvalue weighted by Gasteiger charge is 2.18. The van der Waals surface area contributed by atoms with E-state index in [0.717, 1.165) is 5.69 Å². The third-order valence-corrected chi connectivity index (χ3v) is 2.71. The number of anilines is 1. The number of rotatable bonds is 6. The SMILES string of the molecule is CCOC(C)(C)CNc1ccc(F)cc1C(N)=S. The number of hydrogen-bond donors (Lipinski definition) is 2. The van der Waals surface area contributed by atoms with Gasteiger partial charge in [0.25, 0.3) is 0 Å². The minimum atomic E-state index is -0.354. The molecule has 100 valence electrons. The summed E-state index contributed by atoms with van der Waals surface area (Å²) in [7, 11) is 0. The van der Waals surface area contributed by atoms with Gasteiger partial charge in [0.2, 0.25) is 0 Å². The standard InChI is InChI=1S/C13H19FN2OS/c1-4-17-13(2,3)8-16-11-6-5-9(14)7-10(11)12(15)18/h5-7,16H,4,8H2,1-3H3,(H2,15,18). The smallest absolute Gasteiger partial charge is 0.124 e. The number of hydrogen-bond acceptors (Lipinski definition) is 3. The summed E-state index contributed by atoms with van der Waals surface area (Å²) in [5.41, 5.74) is 6.50. The van der Waals surface area contributed by atoms with Crippen LogP contribution in [0.15, 0.2) is 18.2 Å². The number of benzene rings is 1. The monoisotopic (exact) mass is 270 g/mol. The van der Waals surface area contributed by atoms with Gasteiger partial charge in [-0.3, -0.25) is 0 Å². The number of nitrogens with one attached hydrogen (secondary N) is 1. The van der Waals surface area contributed by atoms with Crippen LogP contribution in [0.2, 0.25) is 0 Å². The lowest BCUT2D eigenvalue weighted by Crippen LogP contribution is -2.33. The van der Waals surface area contributed by atoms with Crippen molar-refractivity contribution in [2.45, 2.75) is 26.4 Å². The van der Waals surface area contributed by atoms with E-state index in [0.29, 0.717) is 18.7 Å². The second-order valence-electron chi connectivity index (χ2n) is 4.60. The molecule has 0 saturated heterocycles. The molecule has 1 aromatic carbocycles. The van der Waals surface area contributed by atoms with Crippen molar-refractivity contribution in [3.8, 4) is 0 Å². The Morgan fingerprint density at radius 2 is 2.17 bits per heavy atom. The van der Waals surface area contributed by atoms with Crippen LogP contribution >= 0.6 is 12.2 Å². The molecule has 0 spiro atoms. The second kappa shape index (κ2) is 6.11. The summed E-state index contributed by atoms with van der Waals surface area (Å²) in [6.07, 6.45) is 0. The summed E-state index contributed by atoms with van der Waals surface area (Å²) >= 11 is 4.91. The molecule has 1 aromatic rings. The molecule has 0 unspecified atom stereocenters.